The van der Waals surface area contributed by atoms with Crippen molar-refractivity contribution in [3.8, 4) is 0 Å². The minimum atomic E-state index is -0.00503. The third-order valence-corrected chi connectivity index (χ3v) is 4.65. The molecule has 0 bridgehead atoms. The first-order valence-electron chi connectivity index (χ1n) is 8.61. The van der Waals surface area contributed by atoms with Crippen LogP contribution in [0.2, 0.25) is 0 Å². The van der Waals surface area contributed by atoms with Gasteiger partial charge in [-0.25, -0.2) is 0 Å². The van der Waals surface area contributed by atoms with Crippen LogP contribution < -0.4 is 10.2 Å². The van der Waals surface area contributed by atoms with E-state index in [2.05, 4.69) is 10.2 Å². The molecule has 3 rings (SSSR count). The van der Waals surface area contributed by atoms with E-state index in [4.69, 9.17) is 0 Å². The van der Waals surface area contributed by atoms with E-state index in [-0.39, 0.29) is 11.8 Å². The summed E-state index contributed by atoms with van der Waals surface area (Å²) in [7, 11) is 3.97. The molecule has 0 aromatic heterocycles. The van der Waals surface area contributed by atoms with E-state index in [9.17, 15) is 9.59 Å². The lowest BCUT2D eigenvalue weighted by molar-refractivity contribution is -0.134. The normalized spacial score (nSPS) is 18.3. The smallest absolute Gasteiger partial charge is 0.238 e. The molecule has 1 aliphatic heterocycles. The standard InChI is InChI=1S/C18H26N4O2/c1-20(2)16-7-5-15(6-8-16)19-17(23)13-21-9-11-22(12-10-21)18(24)14-3-4-14/h5-8,14H,3-4,9-13H2,1-2H3,(H,19,23). The largest absolute Gasteiger partial charge is 0.378 e. The first kappa shape index (κ1) is 16.8. The molecule has 0 spiro atoms. The lowest BCUT2D eigenvalue weighted by atomic mass is 10.2. The van der Waals surface area contributed by atoms with Gasteiger partial charge in [0.05, 0.1) is 6.54 Å². The molecule has 1 N–H and O–H groups in total. The van der Waals surface area contributed by atoms with Gasteiger partial charge in [-0.1, -0.05) is 0 Å². The summed E-state index contributed by atoms with van der Waals surface area (Å²) in [5.41, 5.74) is 1.91. The van der Waals surface area contributed by atoms with Crippen LogP contribution >= 0.6 is 0 Å². The molecular weight excluding hydrogens is 304 g/mol. The molecule has 2 aliphatic rings. The van der Waals surface area contributed by atoms with Crippen LogP contribution in [0.4, 0.5) is 11.4 Å². The average molecular weight is 330 g/mol. The Bertz CT molecular complexity index is 588. The Balaban J connectivity index is 1.43. The van der Waals surface area contributed by atoms with Crippen LogP contribution in [-0.4, -0.2) is 68.4 Å². The first-order valence-corrected chi connectivity index (χ1v) is 8.61. The summed E-state index contributed by atoms with van der Waals surface area (Å²) in [5.74, 6) is 0.583. The average Bonchev–Trinajstić information content (AvgIpc) is 3.40. The Morgan fingerprint density at radius 3 is 2.25 bits per heavy atom. The summed E-state index contributed by atoms with van der Waals surface area (Å²) in [6, 6.07) is 7.80. The van der Waals surface area contributed by atoms with Gasteiger partial charge in [-0.3, -0.25) is 14.5 Å². The highest BCUT2D eigenvalue weighted by molar-refractivity contribution is 5.92. The highest BCUT2D eigenvalue weighted by atomic mass is 16.2. The second kappa shape index (κ2) is 7.21. The first-order chi connectivity index (χ1) is 11.5. The molecule has 1 heterocycles. The van der Waals surface area contributed by atoms with Gasteiger partial charge in [-0.05, 0) is 37.1 Å². The molecule has 1 aromatic rings. The third kappa shape index (κ3) is 4.26. The lowest BCUT2D eigenvalue weighted by Gasteiger charge is -2.34. The van der Waals surface area contributed by atoms with Gasteiger partial charge in [0.15, 0.2) is 0 Å². The summed E-state index contributed by atoms with van der Waals surface area (Å²) in [6.07, 6.45) is 2.10. The predicted octanol–water partition coefficient (Wildman–Crippen LogP) is 1.25. The van der Waals surface area contributed by atoms with Gasteiger partial charge in [0.25, 0.3) is 0 Å². The quantitative estimate of drug-likeness (QED) is 0.883. The fourth-order valence-electron chi connectivity index (χ4n) is 2.96. The molecule has 6 heteroatoms. The highest BCUT2D eigenvalue weighted by Gasteiger charge is 2.34. The van der Waals surface area contributed by atoms with E-state index in [0.717, 1.165) is 50.4 Å². The predicted molar refractivity (Wildman–Crippen MR) is 95.1 cm³/mol. The van der Waals surface area contributed by atoms with Crippen LogP contribution in [0.15, 0.2) is 24.3 Å². The number of carbonyl (C=O) groups is 2. The van der Waals surface area contributed by atoms with Gasteiger partial charge in [-0.15, -0.1) is 0 Å². The number of nitrogens with one attached hydrogen (secondary N) is 1. The van der Waals surface area contributed by atoms with Crippen LogP contribution in [0.5, 0.6) is 0 Å². The summed E-state index contributed by atoms with van der Waals surface area (Å²) in [4.78, 5) is 30.3. The topological polar surface area (TPSA) is 55.9 Å². The fourth-order valence-corrected chi connectivity index (χ4v) is 2.96. The number of rotatable bonds is 5. The van der Waals surface area contributed by atoms with Crippen LogP contribution in [0.25, 0.3) is 0 Å². The van der Waals surface area contributed by atoms with Crippen LogP contribution in [0, 0.1) is 5.92 Å². The number of anilines is 2. The zero-order valence-electron chi connectivity index (χ0n) is 14.5. The Hall–Kier alpha value is -2.08. The van der Waals surface area contributed by atoms with Gasteiger partial charge < -0.3 is 15.1 Å². The van der Waals surface area contributed by atoms with Gasteiger partial charge in [0.1, 0.15) is 0 Å². The molecule has 0 unspecified atom stereocenters. The molecule has 0 atom stereocenters. The Labute approximate surface area is 143 Å². The van der Waals surface area contributed by atoms with E-state index in [1.165, 1.54) is 0 Å². The molecule has 1 saturated heterocycles. The minimum Gasteiger partial charge on any atom is -0.378 e. The van der Waals surface area contributed by atoms with Gasteiger partial charge in [-0.2, -0.15) is 0 Å². The number of benzene rings is 1. The summed E-state index contributed by atoms with van der Waals surface area (Å²) in [5, 5.41) is 2.94. The van der Waals surface area contributed by atoms with E-state index in [0.29, 0.717) is 12.5 Å². The highest BCUT2D eigenvalue weighted by Crippen LogP contribution is 2.31. The minimum absolute atomic E-state index is 0.00503. The maximum absolute atomic E-state index is 12.2. The monoisotopic (exact) mass is 330 g/mol. The molecule has 2 fully saturated rings. The molecule has 1 aromatic carbocycles. The van der Waals surface area contributed by atoms with Crippen molar-refractivity contribution in [3.63, 3.8) is 0 Å². The number of nitrogens with zero attached hydrogens (tertiary/aromatic N) is 3. The van der Waals surface area contributed by atoms with Gasteiger partial charge >= 0.3 is 0 Å². The molecular formula is C18H26N4O2. The molecule has 0 radical (unpaired) electrons. The van der Waals surface area contributed by atoms with Crippen LogP contribution in [0.3, 0.4) is 0 Å². The molecule has 1 saturated carbocycles. The summed E-state index contributed by atoms with van der Waals surface area (Å²) in [6.45, 7) is 3.39. The van der Waals surface area contributed by atoms with Crippen LogP contribution in [-0.2, 0) is 9.59 Å². The van der Waals surface area contributed by atoms with Gasteiger partial charge in [0, 0.05) is 57.6 Å². The second-order valence-electron chi connectivity index (χ2n) is 6.87. The summed E-state index contributed by atoms with van der Waals surface area (Å²) < 4.78 is 0. The zero-order chi connectivity index (χ0) is 17.1. The number of carbonyl (C=O) groups excluding carboxylic acids is 2. The van der Waals surface area contributed by atoms with Gasteiger partial charge in [0.2, 0.25) is 11.8 Å². The number of hydrogen-bond donors (Lipinski definition) is 1. The number of piperazine rings is 1. The van der Waals surface area contributed by atoms with Crippen molar-refractivity contribution in [2.24, 2.45) is 5.92 Å². The van der Waals surface area contributed by atoms with E-state index in [1.54, 1.807) is 0 Å². The second-order valence-corrected chi connectivity index (χ2v) is 6.87. The molecule has 6 nitrogen and oxygen atoms in total. The molecule has 130 valence electrons. The van der Waals surface area contributed by atoms with E-state index in [1.807, 2.05) is 48.2 Å². The molecule has 2 amide bonds. The van der Waals surface area contributed by atoms with E-state index < -0.39 is 0 Å². The van der Waals surface area contributed by atoms with Crippen molar-refractivity contribution in [2.45, 2.75) is 12.8 Å². The van der Waals surface area contributed by atoms with Crippen molar-refractivity contribution < 1.29 is 9.59 Å². The lowest BCUT2D eigenvalue weighted by Crippen LogP contribution is -2.50. The Morgan fingerprint density at radius 2 is 1.71 bits per heavy atom. The van der Waals surface area contributed by atoms with E-state index >= 15 is 0 Å². The van der Waals surface area contributed by atoms with Crippen molar-refractivity contribution >= 4 is 23.2 Å². The maximum Gasteiger partial charge on any atom is 0.238 e. The fraction of sp³-hybridized carbons (Fsp3) is 0.556. The molecule has 1 aliphatic carbocycles. The number of hydrogen-bond acceptors (Lipinski definition) is 4. The van der Waals surface area contributed by atoms with Crippen LogP contribution in [0.1, 0.15) is 12.8 Å². The Kier molecular flexibility index (Phi) is 5.04. The maximum atomic E-state index is 12.2. The number of amides is 2. The van der Waals surface area contributed by atoms with Crippen molar-refractivity contribution in [2.75, 3.05) is 57.0 Å². The zero-order valence-corrected chi connectivity index (χ0v) is 14.5. The summed E-state index contributed by atoms with van der Waals surface area (Å²) >= 11 is 0. The molecule has 24 heavy (non-hydrogen) atoms. The SMILES string of the molecule is CN(C)c1ccc(NC(=O)CN2CCN(C(=O)C3CC3)CC2)cc1. The third-order valence-electron chi connectivity index (χ3n) is 4.65. The van der Waals surface area contributed by atoms with Crippen molar-refractivity contribution in [3.05, 3.63) is 24.3 Å². The van der Waals surface area contributed by atoms with Crippen molar-refractivity contribution in [1.29, 1.82) is 0 Å². The van der Waals surface area contributed by atoms with Crippen molar-refractivity contribution in [1.82, 2.24) is 9.80 Å². The Morgan fingerprint density at radius 1 is 1.08 bits per heavy atom.